The third-order valence-corrected chi connectivity index (χ3v) is 17.5. The number of ether oxygens (including phenoxy) is 1. The first kappa shape index (κ1) is 50.8. The maximum atomic E-state index is 14.9. The molecule has 396 valence electrons. The van der Waals surface area contributed by atoms with Crippen LogP contribution in [0, 0.1) is 16.7 Å². The summed E-state index contributed by atoms with van der Waals surface area (Å²) in [7, 11) is 0. The van der Waals surface area contributed by atoms with E-state index in [1.807, 2.05) is 11.0 Å². The molecule has 1 aliphatic carbocycles. The van der Waals surface area contributed by atoms with Crippen molar-refractivity contribution in [1.82, 2.24) is 45.3 Å². The number of likely N-dealkylation sites (tertiary alicyclic amines) is 2. The minimum atomic E-state index is -0.905. The monoisotopic (exact) mass is 1010 g/mol. The van der Waals surface area contributed by atoms with Crippen molar-refractivity contribution in [2.45, 2.75) is 143 Å². The zero-order valence-electron chi connectivity index (χ0n) is 45.1. The molecule has 11 rings (SSSR count). The molecule has 2 aromatic carbocycles. The molecule has 2 aromatic heterocycles. The third kappa shape index (κ3) is 10.2. The van der Waals surface area contributed by atoms with Gasteiger partial charge in [0.1, 0.15) is 12.1 Å². The number of hydrogen-bond donors (Lipinski definition) is 3. The van der Waals surface area contributed by atoms with Gasteiger partial charge < -0.3 is 29.7 Å². The van der Waals surface area contributed by atoms with E-state index in [9.17, 15) is 19.2 Å². The standard InChI is InChI=1S/C59H80N10O5/c1-8-68-50-17-14-41-29-44(50)46(53(68)45-30-43(32-61-51(45)37(2)3)65-25-23-64(24-26-65)42-15-16-42)31-58(6,7)36-74-57(73)47-13-10-20-69(63-47)56(72)48(28-39-11-9-12-40(41)27-39)62-54(70)52(38(4)5)66-21-18-59(34-66)19-22-67(35-59)55(71)49-33-60-49/h9,11-12,14,17,27,29-30,32,37-38,42,47-49,52,60,63H,8,10,13,15-16,18-26,28,31,33-36H2,1-7H3,(H,62,70)/t47-,48-,49+,52-,59-/m0/s1. The fraction of sp³-hybridized carbons (Fsp3) is 0.610. The van der Waals surface area contributed by atoms with Gasteiger partial charge in [-0.2, -0.15) is 0 Å². The van der Waals surface area contributed by atoms with Gasteiger partial charge in [0, 0.05) is 105 Å². The van der Waals surface area contributed by atoms with Crippen LogP contribution in [0.25, 0.3) is 33.3 Å². The molecule has 15 nitrogen and oxygen atoms in total. The summed E-state index contributed by atoms with van der Waals surface area (Å²) in [5, 5.41) is 9.17. The minimum absolute atomic E-state index is 0.0260. The number of carbonyl (C=O) groups is 4. The number of amides is 3. The number of piperazine rings is 1. The molecular formula is C59H80N10O5. The maximum Gasteiger partial charge on any atom is 0.324 e. The highest BCUT2D eigenvalue weighted by Gasteiger charge is 2.49. The summed E-state index contributed by atoms with van der Waals surface area (Å²) in [6, 6.07) is 16.2. The van der Waals surface area contributed by atoms with Gasteiger partial charge in [-0.05, 0) is 111 Å². The topological polar surface area (TPSA) is 158 Å². The van der Waals surface area contributed by atoms with Crippen molar-refractivity contribution in [3.05, 3.63) is 71.5 Å². The lowest BCUT2D eigenvalue weighted by atomic mass is 9.83. The summed E-state index contributed by atoms with van der Waals surface area (Å²) in [4.78, 5) is 71.7. The lowest BCUT2D eigenvalue weighted by Gasteiger charge is -2.37. The van der Waals surface area contributed by atoms with Crippen molar-refractivity contribution in [3.63, 3.8) is 0 Å². The zero-order valence-corrected chi connectivity index (χ0v) is 45.1. The van der Waals surface area contributed by atoms with E-state index in [0.717, 1.165) is 122 Å². The molecule has 0 unspecified atom stereocenters. The highest BCUT2D eigenvalue weighted by atomic mass is 16.5. The predicted molar refractivity (Wildman–Crippen MR) is 289 cm³/mol. The molecule has 1 spiro atoms. The number of nitrogens with zero attached hydrogens (tertiary/aromatic N) is 7. The number of carbonyl (C=O) groups excluding carboxylic acids is 4. The van der Waals surface area contributed by atoms with Crippen LogP contribution in [0.5, 0.6) is 0 Å². The number of hydrogen-bond acceptors (Lipinski definition) is 11. The van der Waals surface area contributed by atoms with Gasteiger partial charge >= 0.3 is 5.97 Å². The lowest BCUT2D eigenvalue weighted by molar-refractivity contribution is -0.155. The van der Waals surface area contributed by atoms with Gasteiger partial charge in [-0.3, -0.25) is 39.0 Å². The van der Waals surface area contributed by atoms with Crippen LogP contribution >= 0.6 is 0 Å². The Balaban J connectivity index is 0.943. The molecule has 74 heavy (non-hydrogen) atoms. The van der Waals surface area contributed by atoms with E-state index < -0.39 is 23.5 Å². The van der Waals surface area contributed by atoms with E-state index in [2.05, 4.69) is 132 Å². The molecular weight excluding hydrogens is 929 g/mol. The molecule has 6 aliphatic heterocycles. The van der Waals surface area contributed by atoms with Crippen LogP contribution in [0.2, 0.25) is 0 Å². The zero-order chi connectivity index (χ0) is 51.6. The van der Waals surface area contributed by atoms with Crippen LogP contribution in [0.3, 0.4) is 0 Å². The highest BCUT2D eigenvalue weighted by molar-refractivity contribution is 5.96. The Morgan fingerprint density at radius 3 is 2.41 bits per heavy atom. The van der Waals surface area contributed by atoms with E-state index in [-0.39, 0.29) is 60.0 Å². The van der Waals surface area contributed by atoms with Crippen molar-refractivity contribution in [3.8, 4) is 22.4 Å². The molecule has 15 heteroatoms. The highest BCUT2D eigenvalue weighted by Crippen LogP contribution is 2.44. The number of hydrazine groups is 1. The quantitative estimate of drug-likeness (QED) is 0.120. The normalized spacial score (nSPS) is 26.3. The number of esters is 1. The molecule has 4 aromatic rings. The van der Waals surface area contributed by atoms with E-state index in [1.165, 1.54) is 24.1 Å². The Labute approximate surface area is 438 Å². The molecule has 3 amide bonds. The van der Waals surface area contributed by atoms with Crippen LogP contribution in [-0.2, 0) is 43.3 Å². The molecule has 6 bridgehead atoms. The second kappa shape index (κ2) is 20.3. The van der Waals surface area contributed by atoms with E-state index in [4.69, 9.17) is 9.72 Å². The van der Waals surface area contributed by atoms with E-state index in [0.29, 0.717) is 32.4 Å². The van der Waals surface area contributed by atoms with Crippen LogP contribution in [0.15, 0.2) is 54.7 Å². The molecule has 8 heterocycles. The van der Waals surface area contributed by atoms with Gasteiger partial charge in [-0.1, -0.05) is 71.9 Å². The molecule has 5 atom stereocenters. The average molecular weight is 1010 g/mol. The fourth-order valence-electron chi connectivity index (χ4n) is 13.3. The molecule has 0 radical (unpaired) electrons. The van der Waals surface area contributed by atoms with Crippen molar-refractivity contribution >= 4 is 40.3 Å². The summed E-state index contributed by atoms with van der Waals surface area (Å²) >= 11 is 0. The number of nitrogens with one attached hydrogen (secondary N) is 3. The summed E-state index contributed by atoms with van der Waals surface area (Å²) in [6.45, 7) is 24.4. The fourth-order valence-corrected chi connectivity index (χ4v) is 13.3. The SMILES string of the molecule is CCn1c(-c2cc(N3CCN(C4CC4)CC3)cnc2C(C)C)c2c3cc(ccc31)-c1cccc(c1)C[C@H](NC(=O)[C@H](C(C)C)N1CC[C@]3(CCN(C(=O)[C@H]4CN4)C3)C1)C(=O)N1CCC[C@H](N1)C(=O)OCC(C)(C)C2. The summed E-state index contributed by atoms with van der Waals surface area (Å²) in [6.07, 6.45) is 8.64. The van der Waals surface area contributed by atoms with Gasteiger partial charge in [-0.25, -0.2) is 5.43 Å². The molecule has 6 fully saturated rings. The smallest absolute Gasteiger partial charge is 0.324 e. The molecule has 3 N–H and O–H groups in total. The number of aryl methyl sites for hydroxylation is 1. The number of pyridine rings is 1. The number of aromatic nitrogens is 2. The Bertz CT molecular complexity index is 2790. The van der Waals surface area contributed by atoms with E-state index >= 15 is 0 Å². The van der Waals surface area contributed by atoms with E-state index in [1.54, 1.807) is 5.01 Å². The van der Waals surface area contributed by atoms with Crippen LogP contribution in [-0.4, -0.2) is 155 Å². The van der Waals surface area contributed by atoms with Gasteiger partial charge in [0.15, 0.2) is 0 Å². The predicted octanol–water partition coefficient (Wildman–Crippen LogP) is 6.37. The van der Waals surface area contributed by atoms with Gasteiger partial charge in [-0.15, -0.1) is 0 Å². The molecule has 1 saturated carbocycles. The van der Waals surface area contributed by atoms with Crippen molar-refractivity contribution in [2.75, 3.05) is 77.0 Å². The van der Waals surface area contributed by atoms with Crippen molar-refractivity contribution in [2.24, 2.45) is 16.7 Å². The molecule has 7 aliphatic rings. The first-order chi connectivity index (χ1) is 35.6. The van der Waals surface area contributed by atoms with Crippen LogP contribution in [0.1, 0.15) is 110 Å². The van der Waals surface area contributed by atoms with Gasteiger partial charge in [0.05, 0.1) is 42.0 Å². The van der Waals surface area contributed by atoms with Crippen molar-refractivity contribution < 1.29 is 23.9 Å². The van der Waals surface area contributed by atoms with Gasteiger partial charge in [0.2, 0.25) is 11.8 Å². The number of anilines is 1. The number of benzene rings is 2. The Morgan fingerprint density at radius 1 is 0.905 bits per heavy atom. The summed E-state index contributed by atoms with van der Waals surface area (Å²) < 4.78 is 8.76. The maximum absolute atomic E-state index is 14.9. The first-order valence-electron chi connectivity index (χ1n) is 28.1. The summed E-state index contributed by atoms with van der Waals surface area (Å²) in [5.41, 5.74) is 12.7. The number of fused-ring (bicyclic) bond motifs is 6. The number of cyclic esters (lactones) is 1. The Hall–Kier alpha value is -5.35. The van der Waals surface area contributed by atoms with Crippen LogP contribution in [0.4, 0.5) is 5.69 Å². The summed E-state index contributed by atoms with van der Waals surface area (Å²) in [5.74, 6) is -0.486. The van der Waals surface area contributed by atoms with Crippen molar-refractivity contribution in [1.29, 1.82) is 0 Å². The average Bonchev–Trinajstić information content (AvgIpc) is 4.34. The minimum Gasteiger partial charge on any atom is -0.464 e. The lowest BCUT2D eigenvalue weighted by Crippen LogP contribution is -2.62. The second-order valence-corrected chi connectivity index (χ2v) is 24.4. The largest absolute Gasteiger partial charge is 0.464 e. The van der Waals surface area contributed by atoms with Crippen LogP contribution < -0.4 is 21.0 Å². The second-order valence-electron chi connectivity index (χ2n) is 24.4. The molecule has 5 saturated heterocycles. The first-order valence-corrected chi connectivity index (χ1v) is 28.1. The third-order valence-electron chi connectivity index (χ3n) is 17.5. The Morgan fingerprint density at radius 2 is 1.68 bits per heavy atom. The number of rotatable bonds is 10. The van der Waals surface area contributed by atoms with Gasteiger partial charge in [0.25, 0.3) is 5.91 Å². The Kier molecular flexibility index (Phi) is 13.9.